The third kappa shape index (κ3) is 3.16. The smallest absolute Gasteiger partial charge is 0.308 e. The molecule has 0 aromatic heterocycles. The highest BCUT2D eigenvalue weighted by Gasteiger charge is 2.26. The first kappa shape index (κ1) is 10.8. The van der Waals surface area contributed by atoms with Gasteiger partial charge in [-0.15, -0.1) is 0 Å². The molecule has 0 unspecified atom stereocenters. The molecule has 0 saturated heterocycles. The van der Waals surface area contributed by atoms with E-state index in [4.69, 9.17) is 16.5 Å². The van der Waals surface area contributed by atoms with Crippen molar-refractivity contribution in [1.29, 1.82) is 0 Å². The first-order valence-electron chi connectivity index (χ1n) is 4.69. The van der Waals surface area contributed by atoms with E-state index in [-0.39, 0.29) is 11.9 Å². The van der Waals surface area contributed by atoms with E-state index in [9.17, 15) is 4.79 Å². The molecule has 1 saturated carbocycles. The summed E-state index contributed by atoms with van der Waals surface area (Å²) in [6, 6.07) is 0. The van der Waals surface area contributed by atoms with Gasteiger partial charge in [-0.2, -0.15) is 0 Å². The molecule has 0 bridgehead atoms. The molecule has 4 heteroatoms. The van der Waals surface area contributed by atoms with Crippen molar-refractivity contribution in [1.82, 2.24) is 4.84 Å². The largest absolute Gasteiger partial charge is 0.469 e. The quantitative estimate of drug-likeness (QED) is 0.563. The lowest BCUT2D eigenvalue weighted by Crippen LogP contribution is -2.26. The zero-order valence-electron chi connectivity index (χ0n) is 7.88. The Balaban J connectivity index is 2.26. The van der Waals surface area contributed by atoms with Crippen LogP contribution in [-0.4, -0.2) is 19.6 Å². The first-order chi connectivity index (χ1) is 6.27. The summed E-state index contributed by atoms with van der Waals surface area (Å²) < 4.78 is 4.70. The minimum Gasteiger partial charge on any atom is -0.469 e. The summed E-state index contributed by atoms with van der Waals surface area (Å²) in [5.41, 5.74) is 0. The molecule has 76 valence electrons. The van der Waals surface area contributed by atoms with Crippen LogP contribution < -0.4 is 4.84 Å². The second kappa shape index (κ2) is 5.45. The molecular formula is C9H16ClNO2. The van der Waals surface area contributed by atoms with Crippen molar-refractivity contribution in [2.45, 2.75) is 25.7 Å². The number of ether oxygens (including phenoxy) is 1. The van der Waals surface area contributed by atoms with Crippen LogP contribution in [0.25, 0.3) is 0 Å². The summed E-state index contributed by atoms with van der Waals surface area (Å²) in [6.07, 6.45) is 4.02. The summed E-state index contributed by atoms with van der Waals surface area (Å²) in [5.74, 6) is 0.687. The van der Waals surface area contributed by atoms with Crippen LogP contribution >= 0.6 is 11.8 Å². The molecule has 13 heavy (non-hydrogen) atoms. The molecule has 0 amide bonds. The third-order valence-electron chi connectivity index (χ3n) is 2.75. The molecule has 1 aliphatic carbocycles. The molecule has 1 aliphatic rings. The van der Waals surface area contributed by atoms with Crippen molar-refractivity contribution in [3.05, 3.63) is 0 Å². The summed E-state index contributed by atoms with van der Waals surface area (Å²) in [6.45, 7) is 0.843. The van der Waals surface area contributed by atoms with Gasteiger partial charge in [-0.3, -0.25) is 4.79 Å². The fraction of sp³-hybridized carbons (Fsp3) is 0.889. The van der Waals surface area contributed by atoms with Crippen molar-refractivity contribution in [2.24, 2.45) is 11.8 Å². The van der Waals surface area contributed by atoms with Crippen LogP contribution in [0.1, 0.15) is 25.7 Å². The molecular weight excluding hydrogens is 190 g/mol. The topological polar surface area (TPSA) is 38.3 Å². The number of rotatable bonds is 3. The summed E-state index contributed by atoms with van der Waals surface area (Å²) >= 11 is 5.42. The van der Waals surface area contributed by atoms with Gasteiger partial charge in [0.05, 0.1) is 13.0 Å². The predicted molar refractivity (Wildman–Crippen MR) is 51.3 cm³/mol. The van der Waals surface area contributed by atoms with Crippen LogP contribution in [0.2, 0.25) is 0 Å². The maximum Gasteiger partial charge on any atom is 0.308 e. The van der Waals surface area contributed by atoms with E-state index in [1.54, 1.807) is 0 Å². The number of nitrogens with one attached hydrogen (secondary N) is 1. The van der Waals surface area contributed by atoms with Crippen LogP contribution in [0.5, 0.6) is 0 Å². The van der Waals surface area contributed by atoms with Crippen molar-refractivity contribution >= 4 is 17.7 Å². The molecule has 1 N–H and O–H groups in total. The Morgan fingerprint density at radius 2 is 2.08 bits per heavy atom. The molecule has 0 heterocycles. The molecule has 0 radical (unpaired) electrons. The van der Waals surface area contributed by atoms with Crippen LogP contribution in [0, 0.1) is 11.8 Å². The Morgan fingerprint density at radius 1 is 1.46 bits per heavy atom. The van der Waals surface area contributed by atoms with Crippen molar-refractivity contribution in [3.63, 3.8) is 0 Å². The molecule has 0 atom stereocenters. The van der Waals surface area contributed by atoms with Gasteiger partial charge in [0.25, 0.3) is 0 Å². The Bertz CT molecular complexity index is 167. The van der Waals surface area contributed by atoms with E-state index in [0.717, 1.165) is 32.2 Å². The minimum absolute atomic E-state index is 0.0581. The minimum atomic E-state index is -0.0581. The van der Waals surface area contributed by atoms with Crippen molar-refractivity contribution < 1.29 is 9.53 Å². The molecule has 0 aliphatic heterocycles. The van der Waals surface area contributed by atoms with E-state index in [1.807, 2.05) is 0 Å². The first-order valence-corrected chi connectivity index (χ1v) is 5.07. The van der Waals surface area contributed by atoms with Crippen molar-refractivity contribution in [2.75, 3.05) is 13.7 Å². The van der Waals surface area contributed by atoms with Gasteiger partial charge < -0.3 is 4.74 Å². The number of carbonyl (C=O) groups is 1. The number of carbonyl (C=O) groups excluding carboxylic acids is 1. The van der Waals surface area contributed by atoms with Gasteiger partial charge in [0.15, 0.2) is 0 Å². The summed E-state index contributed by atoms with van der Waals surface area (Å²) in [5, 5.41) is 0. The molecule has 0 aromatic carbocycles. The molecule has 0 spiro atoms. The zero-order chi connectivity index (χ0) is 9.68. The van der Waals surface area contributed by atoms with Gasteiger partial charge >= 0.3 is 5.97 Å². The van der Waals surface area contributed by atoms with Crippen LogP contribution in [0.3, 0.4) is 0 Å². The van der Waals surface area contributed by atoms with Gasteiger partial charge in [0.2, 0.25) is 0 Å². The number of hydrogen-bond acceptors (Lipinski definition) is 3. The fourth-order valence-electron chi connectivity index (χ4n) is 1.88. The monoisotopic (exact) mass is 205 g/mol. The molecule has 0 aromatic rings. The predicted octanol–water partition coefficient (Wildman–Crippen LogP) is 1.71. The highest BCUT2D eigenvalue weighted by Crippen LogP contribution is 2.28. The third-order valence-corrected chi connectivity index (χ3v) is 2.90. The van der Waals surface area contributed by atoms with Crippen LogP contribution in [-0.2, 0) is 9.53 Å². The Labute approximate surface area is 83.9 Å². The fourth-order valence-corrected chi connectivity index (χ4v) is 2.10. The number of methoxy groups -OCH3 is 1. The second-order valence-corrected chi connectivity index (χ2v) is 3.85. The lowest BCUT2D eigenvalue weighted by molar-refractivity contribution is -0.146. The van der Waals surface area contributed by atoms with Crippen LogP contribution in [0.4, 0.5) is 0 Å². The van der Waals surface area contributed by atoms with Gasteiger partial charge in [-0.05, 0) is 43.4 Å². The van der Waals surface area contributed by atoms with E-state index < -0.39 is 0 Å². The van der Waals surface area contributed by atoms with E-state index >= 15 is 0 Å². The maximum atomic E-state index is 11.2. The lowest BCUT2D eigenvalue weighted by atomic mass is 9.82. The van der Waals surface area contributed by atoms with E-state index in [0.29, 0.717) is 5.92 Å². The maximum absolute atomic E-state index is 11.2. The average Bonchev–Trinajstić information content (AvgIpc) is 2.18. The molecule has 3 nitrogen and oxygen atoms in total. The lowest BCUT2D eigenvalue weighted by Gasteiger charge is -2.26. The standard InChI is InChI=1S/C9H16ClNO2/c1-13-9(12)8-4-2-7(3-5-8)6-11-10/h7-8,11H,2-6H2,1H3/t7-,8+. The molecule has 1 rings (SSSR count). The zero-order valence-corrected chi connectivity index (χ0v) is 8.64. The number of hydrogen-bond donors (Lipinski definition) is 1. The second-order valence-electron chi connectivity index (χ2n) is 3.58. The Hall–Kier alpha value is -0.280. The Kier molecular flexibility index (Phi) is 4.53. The van der Waals surface area contributed by atoms with Crippen molar-refractivity contribution in [3.8, 4) is 0 Å². The summed E-state index contributed by atoms with van der Waals surface area (Å²) in [7, 11) is 1.45. The van der Waals surface area contributed by atoms with E-state index in [1.165, 1.54) is 7.11 Å². The number of esters is 1. The SMILES string of the molecule is COC(=O)[C@H]1CC[C@@H](CNCl)CC1. The van der Waals surface area contributed by atoms with E-state index in [2.05, 4.69) is 4.84 Å². The van der Waals surface area contributed by atoms with Gasteiger partial charge in [-0.25, -0.2) is 4.84 Å². The van der Waals surface area contributed by atoms with Crippen LogP contribution in [0.15, 0.2) is 0 Å². The number of halogens is 1. The summed E-state index contributed by atoms with van der Waals surface area (Å²) in [4.78, 5) is 13.8. The molecule has 1 fully saturated rings. The normalized spacial score (nSPS) is 28.5. The average molecular weight is 206 g/mol. The highest BCUT2D eigenvalue weighted by molar-refractivity contribution is 6.13. The highest BCUT2D eigenvalue weighted by atomic mass is 35.5. The van der Waals surface area contributed by atoms with Gasteiger partial charge in [0, 0.05) is 6.54 Å². The Morgan fingerprint density at radius 3 is 2.54 bits per heavy atom. The van der Waals surface area contributed by atoms with Gasteiger partial charge in [0.1, 0.15) is 0 Å². The van der Waals surface area contributed by atoms with Gasteiger partial charge in [-0.1, -0.05) is 0 Å².